The van der Waals surface area contributed by atoms with Crippen LogP contribution in [0.1, 0.15) is 35.7 Å². The lowest BCUT2D eigenvalue weighted by molar-refractivity contribution is -0.135. The molecule has 0 N–H and O–H groups in total. The average Bonchev–Trinajstić information content (AvgIpc) is 3.26. The van der Waals surface area contributed by atoms with Gasteiger partial charge in [0.05, 0.1) is 0 Å². The molecule has 0 bridgehead atoms. The summed E-state index contributed by atoms with van der Waals surface area (Å²) in [6, 6.07) is 19.4. The van der Waals surface area contributed by atoms with Crippen molar-refractivity contribution in [3.05, 3.63) is 88.2 Å². The summed E-state index contributed by atoms with van der Waals surface area (Å²) in [6.07, 6.45) is -0.671. The van der Waals surface area contributed by atoms with Crippen LogP contribution in [0.25, 0.3) is 5.69 Å². The van der Waals surface area contributed by atoms with Gasteiger partial charge in [-0.05, 0) is 56.3 Å². The van der Waals surface area contributed by atoms with Gasteiger partial charge in [-0.2, -0.15) is 5.01 Å². The van der Waals surface area contributed by atoms with E-state index in [4.69, 9.17) is 16.3 Å². The summed E-state index contributed by atoms with van der Waals surface area (Å²) in [4.78, 5) is 12.1. The first-order valence-corrected chi connectivity index (χ1v) is 9.39. The second-order valence-electron chi connectivity index (χ2n) is 6.76. The molecule has 0 radical (unpaired) electrons. The number of halogens is 1. The third-order valence-corrected chi connectivity index (χ3v) is 5.13. The van der Waals surface area contributed by atoms with Gasteiger partial charge in [-0.25, -0.2) is 0 Å². The number of benzene rings is 2. The maximum absolute atomic E-state index is 12.1. The molecule has 1 aliphatic heterocycles. The normalized spacial score (nSPS) is 16.1. The van der Waals surface area contributed by atoms with Gasteiger partial charge in [0, 0.05) is 40.1 Å². The summed E-state index contributed by atoms with van der Waals surface area (Å²) in [5, 5.41) is 6.25. The summed E-state index contributed by atoms with van der Waals surface area (Å²) in [5.41, 5.74) is 4.90. The van der Waals surface area contributed by atoms with Gasteiger partial charge in [-0.3, -0.25) is 4.79 Å². The van der Waals surface area contributed by atoms with Gasteiger partial charge in [0.25, 0.3) is 0 Å². The first-order valence-electron chi connectivity index (χ1n) is 9.01. The van der Waals surface area contributed by atoms with E-state index in [1.807, 2.05) is 42.5 Å². The van der Waals surface area contributed by atoms with E-state index in [9.17, 15) is 4.79 Å². The van der Waals surface area contributed by atoms with E-state index in [0.29, 0.717) is 16.5 Å². The molecular weight excluding hydrogens is 374 g/mol. The maximum Gasteiger partial charge on any atom is 0.243 e. The summed E-state index contributed by atoms with van der Waals surface area (Å²) in [5.74, 6) is 0.183. The highest BCUT2D eigenvalue weighted by Gasteiger charge is 2.34. The largest absolute Gasteiger partial charge is 0.446 e. The number of aryl methyl sites for hydroxylation is 2. The molecule has 2 aromatic carbocycles. The number of carbonyl (C=O) groups excluding carboxylic acids is 1. The number of hydrazone groups is 1. The van der Waals surface area contributed by atoms with Crippen molar-refractivity contribution in [2.45, 2.75) is 27.0 Å². The number of hydrogen-bond donors (Lipinski definition) is 0. The standard InChI is InChI=1S/C22H20ClN3O2/c1-14-8-9-15(2)25(14)18-12-10-17(11-13-18)21-24-26(16(3)27)22(28-21)19-6-4-5-7-20(19)23/h4-13,22H,1-3H3. The lowest BCUT2D eigenvalue weighted by Crippen LogP contribution is -2.25. The van der Waals surface area contributed by atoms with E-state index in [-0.39, 0.29) is 5.91 Å². The number of hydrogen-bond acceptors (Lipinski definition) is 3. The van der Waals surface area contributed by atoms with Crippen LogP contribution in [0.3, 0.4) is 0 Å². The van der Waals surface area contributed by atoms with Crippen molar-refractivity contribution in [3.63, 3.8) is 0 Å². The summed E-state index contributed by atoms with van der Waals surface area (Å²) in [6.45, 7) is 5.61. The molecule has 1 atom stereocenters. The van der Waals surface area contributed by atoms with E-state index in [1.165, 1.54) is 23.3 Å². The fourth-order valence-electron chi connectivity index (χ4n) is 3.39. The smallest absolute Gasteiger partial charge is 0.243 e. The number of aromatic nitrogens is 1. The Morgan fingerprint density at radius 1 is 1.00 bits per heavy atom. The van der Waals surface area contributed by atoms with Crippen LogP contribution in [0.5, 0.6) is 0 Å². The lowest BCUT2D eigenvalue weighted by Gasteiger charge is -2.20. The van der Waals surface area contributed by atoms with Crippen molar-refractivity contribution in [3.8, 4) is 5.69 Å². The fraction of sp³-hybridized carbons (Fsp3) is 0.182. The monoisotopic (exact) mass is 393 g/mol. The number of ether oxygens (including phenoxy) is 1. The third-order valence-electron chi connectivity index (χ3n) is 4.78. The number of amides is 1. The zero-order valence-corrected chi connectivity index (χ0v) is 16.6. The van der Waals surface area contributed by atoms with Crippen LogP contribution in [0.2, 0.25) is 5.02 Å². The second-order valence-corrected chi connectivity index (χ2v) is 7.17. The van der Waals surface area contributed by atoms with Crippen LogP contribution in [0.15, 0.2) is 65.8 Å². The molecule has 6 heteroatoms. The van der Waals surface area contributed by atoms with E-state index in [0.717, 1.165) is 11.3 Å². The third kappa shape index (κ3) is 3.18. The Morgan fingerprint density at radius 3 is 2.25 bits per heavy atom. The van der Waals surface area contributed by atoms with E-state index in [2.05, 4.69) is 35.6 Å². The quantitative estimate of drug-likeness (QED) is 0.629. The molecule has 0 aliphatic carbocycles. The van der Waals surface area contributed by atoms with Crippen LogP contribution >= 0.6 is 11.6 Å². The minimum Gasteiger partial charge on any atom is -0.446 e. The van der Waals surface area contributed by atoms with Crippen molar-refractivity contribution in [2.24, 2.45) is 5.10 Å². The molecule has 3 aromatic rings. The van der Waals surface area contributed by atoms with Crippen molar-refractivity contribution < 1.29 is 9.53 Å². The Morgan fingerprint density at radius 2 is 1.64 bits per heavy atom. The molecular formula is C22H20ClN3O2. The molecule has 1 aromatic heterocycles. The molecule has 0 spiro atoms. The SMILES string of the molecule is CC(=O)N1N=C(c2ccc(-n3c(C)ccc3C)cc2)OC1c1ccccc1Cl. The fourth-order valence-corrected chi connectivity index (χ4v) is 3.62. The number of carbonyl (C=O) groups is 1. The minimum absolute atomic E-state index is 0.213. The molecule has 4 rings (SSSR count). The van der Waals surface area contributed by atoms with Crippen LogP contribution in [0.4, 0.5) is 0 Å². The molecule has 1 amide bonds. The summed E-state index contributed by atoms with van der Waals surface area (Å²) >= 11 is 6.30. The van der Waals surface area contributed by atoms with Crippen LogP contribution in [-0.2, 0) is 9.53 Å². The van der Waals surface area contributed by atoms with E-state index < -0.39 is 6.23 Å². The minimum atomic E-state index is -0.671. The molecule has 0 saturated carbocycles. The van der Waals surface area contributed by atoms with Crippen LogP contribution in [-0.4, -0.2) is 21.4 Å². The highest BCUT2D eigenvalue weighted by molar-refractivity contribution is 6.31. The first-order chi connectivity index (χ1) is 13.5. The van der Waals surface area contributed by atoms with E-state index in [1.54, 1.807) is 6.07 Å². The van der Waals surface area contributed by atoms with Gasteiger partial charge in [-0.15, -0.1) is 5.10 Å². The Kier molecular flexibility index (Phi) is 4.69. The molecule has 142 valence electrons. The summed E-state index contributed by atoms with van der Waals surface area (Å²) in [7, 11) is 0. The van der Waals surface area contributed by atoms with Crippen molar-refractivity contribution in [1.82, 2.24) is 9.58 Å². The van der Waals surface area contributed by atoms with Gasteiger partial charge in [0.1, 0.15) is 0 Å². The molecule has 0 saturated heterocycles. The van der Waals surface area contributed by atoms with Crippen molar-refractivity contribution in [2.75, 3.05) is 0 Å². The predicted molar refractivity (Wildman–Crippen MR) is 110 cm³/mol. The Balaban J connectivity index is 1.65. The molecule has 28 heavy (non-hydrogen) atoms. The van der Waals surface area contributed by atoms with Gasteiger partial charge in [0.15, 0.2) is 0 Å². The van der Waals surface area contributed by atoms with Crippen molar-refractivity contribution in [1.29, 1.82) is 0 Å². The van der Waals surface area contributed by atoms with Crippen LogP contribution in [0, 0.1) is 13.8 Å². The summed E-state index contributed by atoms with van der Waals surface area (Å²) < 4.78 is 8.21. The molecule has 1 aliphatic rings. The van der Waals surface area contributed by atoms with Gasteiger partial charge < -0.3 is 9.30 Å². The highest BCUT2D eigenvalue weighted by atomic mass is 35.5. The van der Waals surface area contributed by atoms with Gasteiger partial charge in [0.2, 0.25) is 18.0 Å². The number of rotatable bonds is 3. The van der Waals surface area contributed by atoms with Crippen molar-refractivity contribution >= 4 is 23.4 Å². The second kappa shape index (κ2) is 7.17. The number of nitrogens with zero attached hydrogens (tertiary/aromatic N) is 3. The molecule has 2 heterocycles. The van der Waals surface area contributed by atoms with E-state index >= 15 is 0 Å². The Labute approximate surface area is 168 Å². The molecule has 5 nitrogen and oxygen atoms in total. The van der Waals surface area contributed by atoms with Gasteiger partial charge >= 0.3 is 0 Å². The maximum atomic E-state index is 12.1. The first kappa shape index (κ1) is 18.3. The molecule has 1 unspecified atom stereocenters. The zero-order valence-electron chi connectivity index (χ0n) is 15.9. The average molecular weight is 394 g/mol. The highest BCUT2D eigenvalue weighted by Crippen LogP contribution is 2.34. The van der Waals surface area contributed by atoms with Gasteiger partial charge in [-0.1, -0.05) is 29.8 Å². The topological polar surface area (TPSA) is 46.8 Å². The van der Waals surface area contributed by atoms with Crippen LogP contribution < -0.4 is 0 Å². The lowest BCUT2D eigenvalue weighted by atomic mass is 10.2. The Bertz CT molecular complexity index is 1050. The Hall–Kier alpha value is -3.05. The predicted octanol–water partition coefficient (Wildman–Crippen LogP) is 4.99. The zero-order chi connectivity index (χ0) is 19.8. The molecule has 0 fully saturated rings.